The number of hydrogen-bond acceptors (Lipinski definition) is 8. The van der Waals surface area contributed by atoms with Crippen LogP contribution in [-0.2, 0) is 30.7 Å². The van der Waals surface area contributed by atoms with Crippen LogP contribution in [0.25, 0.3) is 0 Å². The number of nitrogens with one attached hydrogen (secondary N) is 1. The molecule has 40 heavy (non-hydrogen) atoms. The van der Waals surface area contributed by atoms with Crippen molar-refractivity contribution in [2.75, 3.05) is 45.8 Å². The van der Waals surface area contributed by atoms with Crippen molar-refractivity contribution in [3.05, 3.63) is 63.6 Å². The fourth-order valence-corrected chi connectivity index (χ4v) is 5.68. The smallest absolute Gasteiger partial charge is 0.416 e. The molecule has 0 aromatic heterocycles. The van der Waals surface area contributed by atoms with Gasteiger partial charge in [0.05, 0.1) is 34.6 Å². The molecule has 0 spiro atoms. The Labute approximate surface area is 245 Å². The number of amides is 2. The lowest BCUT2D eigenvalue weighted by atomic mass is 10.1. The van der Waals surface area contributed by atoms with E-state index in [0.29, 0.717) is 25.5 Å². The van der Waals surface area contributed by atoms with Crippen LogP contribution in [0.1, 0.15) is 31.9 Å². The van der Waals surface area contributed by atoms with E-state index in [4.69, 9.17) is 32.7 Å². The van der Waals surface area contributed by atoms with E-state index >= 15 is 0 Å². The van der Waals surface area contributed by atoms with E-state index in [0.717, 1.165) is 11.1 Å². The number of carbonyl (C=O) groups is 2. The number of sulfone groups is 1. The lowest BCUT2D eigenvalue weighted by Gasteiger charge is -2.25. The highest BCUT2D eigenvalue weighted by atomic mass is 35.5. The van der Waals surface area contributed by atoms with Crippen LogP contribution in [0.4, 0.5) is 4.79 Å². The zero-order valence-electron chi connectivity index (χ0n) is 22.9. The van der Waals surface area contributed by atoms with Gasteiger partial charge in [0.1, 0.15) is 23.9 Å². The van der Waals surface area contributed by atoms with Crippen LogP contribution in [-0.4, -0.2) is 87.4 Å². The van der Waals surface area contributed by atoms with Gasteiger partial charge in [-0.25, -0.2) is 13.2 Å². The van der Waals surface area contributed by atoms with Gasteiger partial charge >= 0.3 is 6.09 Å². The molecule has 0 unspecified atom stereocenters. The van der Waals surface area contributed by atoms with Crippen molar-refractivity contribution < 1.29 is 27.5 Å². The van der Waals surface area contributed by atoms with Crippen LogP contribution < -0.4 is 5.32 Å². The number of rotatable bonds is 11. The Balaban J connectivity index is 1.41. The predicted molar refractivity (Wildman–Crippen MR) is 155 cm³/mol. The highest BCUT2D eigenvalue weighted by Crippen LogP contribution is 2.29. The number of amidine groups is 1. The van der Waals surface area contributed by atoms with Crippen molar-refractivity contribution in [3.8, 4) is 0 Å². The van der Waals surface area contributed by atoms with E-state index in [9.17, 15) is 18.0 Å². The molecule has 0 saturated heterocycles. The molecule has 2 amide bonds. The number of likely N-dealkylation sites (N-methyl/N-ethyl adjacent to an activating group) is 1. The summed E-state index contributed by atoms with van der Waals surface area (Å²) in [6, 6.07) is 11.9. The number of aliphatic imine (C=N–C) groups is 1. The summed E-state index contributed by atoms with van der Waals surface area (Å²) in [4.78, 5) is 32.5. The fraction of sp³-hybridized carbons (Fsp3) is 0.444. The highest BCUT2D eigenvalue weighted by molar-refractivity contribution is 7.91. The van der Waals surface area contributed by atoms with Crippen LogP contribution in [0.5, 0.6) is 0 Å². The number of ether oxygens (including phenoxy) is 2. The molecule has 3 rings (SSSR count). The molecule has 1 heterocycles. The first-order valence-corrected chi connectivity index (χ1v) is 15.0. The molecular formula is C27H34Cl2N4O6S. The Hall–Kier alpha value is -2.70. The second-order valence-corrected chi connectivity index (χ2v) is 12.9. The molecular weight excluding hydrogens is 579 g/mol. The Bertz CT molecular complexity index is 1340. The summed E-state index contributed by atoms with van der Waals surface area (Å²) in [6.07, 6.45) is -0.430. The van der Waals surface area contributed by atoms with Crippen LogP contribution in [0.15, 0.2) is 52.4 Å². The average Bonchev–Trinajstić information content (AvgIpc) is 3.37. The largest absolute Gasteiger partial charge is 0.443 e. The van der Waals surface area contributed by atoms with Gasteiger partial charge in [-0.05, 0) is 38.5 Å². The van der Waals surface area contributed by atoms with Crippen LogP contribution in [0.3, 0.4) is 0 Å². The van der Waals surface area contributed by atoms with Crippen LogP contribution in [0.2, 0.25) is 10.0 Å². The summed E-state index contributed by atoms with van der Waals surface area (Å²) < 4.78 is 35.8. The minimum Gasteiger partial charge on any atom is -0.443 e. The summed E-state index contributed by atoms with van der Waals surface area (Å²) >= 11 is 11.9. The van der Waals surface area contributed by atoms with Gasteiger partial charge in [-0.15, -0.1) is 0 Å². The van der Waals surface area contributed by atoms with E-state index in [2.05, 4.69) is 10.3 Å². The van der Waals surface area contributed by atoms with Crippen molar-refractivity contribution in [2.45, 2.75) is 37.8 Å². The molecule has 0 atom stereocenters. The van der Waals surface area contributed by atoms with Gasteiger partial charge in [0.25, 0.3) is 0 Å². The molecule has 13 heteroatoms. The van der Waals surface area contributed by atoms with Gasteiger partial charge in [-0.2, -0.15) is 0 Å². The maximum absolute atomic E-state index is 12.5. The second kappa shape index (κ2) is 13.8. The first-order chi connectivity index (χ1) is 18.8. The van der Waals surface area contributed by atoms with E-state index in [-0.39, 0.29) is 46.5 Å². The molecule has 0 saturated carbocycles. The summed E-state index contributed by atoms with van der Waals surface area (Å²) in [5.41, 5.74) is 1.09. The number of hydrogen-bond donors (Lipinski definition) is 1. The Morgan fingerprint density at radius 2 is 1.82 bits per heavy atom. The Morgan fingerprint density at radius 1 is 1.12 bits per heavy atom. The van der Waals surface area contributed by atoms with E-state index in [1.807, 2.05) is 45.0 Å². The van der Waals surface area contributed by atoms with Crippen molar-refractivity contribution in [1.82, 2.24) is 15.1 Å². The van der Waals surface area contributed by atoms with Crippen molar-refractivity contribution in [2.24, 2.45) is 4.99 Å². The molecule has 1 aliphatic heterocycles. The first-order valence-electron chi connectivity index (χ1n) is 12.6. The first kappa shape index (κ1) is 31.8. The lowest BCUT2D eigenvalue weighted by molar-refractivity contribution is -0.135. The van der Waals surface area contributed by atoms with Gasteiger partial charge in [0.2, 0.25) is 5.91 Å². The van der Waals surface area contributed by atoms with E-state index in [1.165, 1.54) is 28.0 Å². The number of nitrogens with zero attached hydrogens (tertiary/aromatic N) is 3. The third-order valence-corrected chi connectivity index (χ3v) is 8.23. The van der Waals surface area contributed by atoms with Gasteiger partial charge in [0, 0.05) is 25.7 Å². The summed E-state index contributed by atoms with van der Waals surface area (Å²) in [5.74, 6) is -0.00300. The fourth-order valence-electron chi connectivity index (χ4n) is 3.73. The standard InChI is InChI=1S/C27H34Cl2N4O6S/c1-27(2,3)39-26(35)33-14-12-31-25(33)20-10-8-19(9-11-20)16-32(4)23(34)17-38-15-13-30-18-40(36,37)22-7-5-6-21(28)24(22)29/h5-11,30H,12-18H2,1-4H3. The van der Waals surface area contributed by atoms with Gasteiger partial charge in [0.15, 0.2) is 9.84 Å². The quantitative estimate of drug-likeness (QED) is 0.381. The van der Waals surface area contributed by atoms with E-state index in [1.54, 1.807) is 7.05 Å². The average molecular weight is 614 g/mol. The molecule has 2 aromatic rings. The minimum absolute atomic E-state index is 0.0134. The third kappa shape index (κ3) is 8.90. The second-order valence-electron chi connectivity index (χ2n) is 10.1. The van der Waals surface area contributed by atoms with Crippen molar-refractivity contribution >= 4 is 50.9 Å². The summed E-state index contributed by atoms with van der Waals surface area (Å²) in [6.45, 7) is 7.01. The Morgan fingerprint density at radius 3 is 2.50 bits per heavy atom. The van der Waals surface area contributed by atoms with Gasteiger partial charge in [-0.3, -0.25) is 14.7 Å². The third-order valence-electron chi connectivity index (χ3n) is 5.70. The maximum atomic E-state index is 12.5. The Kier molecular flexibility index (Phi) is 11.0. The zero-order valence-corrected chi connectivity index (χ0v) is 25.3. The number of carbonyl (C=O) groups excluding carboxylic acids is 2. The van der Waals surface area contributed by atoms with Crippen LogP contribution >= 0.6 is 23.2 Å². The molecule has 1 N–H and O–H groups in total. The number of halogens is 2. The molecule has 2 aromatic carbocycles. The SMILES string of the molecule is CN(Cc1ccc(C2=NCCN2C(=O)OC(C)(C)C)cc1)C(=O)COCCNCS(=O)(=O)c1cccc(Cl)c1Cl. The van der Waals surface area contributed by atoms with Gasteiger partial charge in [-0.1, -0.05) is 53.5 Å². The molecule has 0 aliphatic carbocycles. The minimum atomic E-state index is -3.68. The van der Waals surface area contributed by atoms with E-state index < -0.39 is 21.5 Å². The number of benzene rings is 2. The monoisotopic (exact) mass is 612 g/mol. The van der Waals surface area contributed by atoms with Crippen molar-refractivity contribution in [3.63, 3.8) is 0 Å². The molecule has 218 valence electrons. The molecule has 0 fully saturated rings. The van der Waals surface area contributed by atoms with Crippen LogP contribution in [0, 0.1) is 0 Å². The topological polar surface area (TPSA) is 118 Å². The normalized spacial score (nSPS) is 13.8. The predicted octanol–water partition coefficient (Wildman–Crippen LogP) is 3.99. The van der Waals surface area contributed by atoms with Crippen molar-refractivity contribution in [1.29, 1.82) is 0 Å². The molecule has 10 nitrogen and oxygen atoms in total. The highest BCUT2D eigenvalue weighted by Gasteiger charge is 2.29. The summed E-state index contributed by atoms with van der Waals surface area (Å²) in [5, 5.41) is 2.93. The zero-order chi connectivity index (χ0) is 29.5. The van der Waals surface area contributed by atoms with Gasteiger partial charge < -0.3 is 19.7 Å². The molecule has 0 bridgehead atoms. The lowest BCUT2D eigenvalue weighted by Crippen LogP contribution is -2.39. The molecule has 1 aliphatic rings. The molecule has 0 radical (unpaired) electrons. The summed E-state index contributed by atoms with van der Waals surface area (Å²) in [7, 11) is -2.01. The maximum Gasteiger partial charge on any atom is 0.416 e.